The molecule has 2 aromatic heterocycles. The molecule has 0 bridgehead atoms. The van der Waals surface area contributed by atoms with Crippen molar-refractivity contribution in [1.29, 1.82) is 0 Å². The molecule has 0 aliphatic heterocycles. The van der Waals surface area contributed by atoms with Gasteiger partial charge in [0.05, 0.1) is 5.69 Å². The Kier molecular flexibility index (Phi) is 3.03. The Morgan fingerprint density at radius 2 is 1.67 bits per heavy atom. The zero-order valence-electron chi connectivity index (χ0n) is 11.2. The second-order valence-corrected chi connectivity index (χ2v) is 5.39. The molecule has 0 amide bonds. The second kappa shape index (κ2) is 4.37. The summed E-state index contributed by atoms with van der Waals surface area (Å²) >= 11 is 0. The Bertz CT molecular complexity index is 556. The maximum atomic E-state index is 5.99. The van der Waals surface area contributed by atoms with Crippen molar-refractivity contribution >= 4 is 5.82 Å². The fraction of sp³-hybridized carbons (Fsp3) is 0.357. The lowest BCUT2D eigenvalue weighted by Crippen LogP contribution is -2.18. The molecule has 0 unspecified atom stereocenters. The molecule has 94 valence electrons. The summed E-state index contributed by atoms with van der Waals surface area (Å²) in [5.41, 5.74) is 8.68. The molecular weight excluding hydrogens is 224 g/mol. The van der Waals surface area contributed by atoms with Crippen LogP contribution in [0.1, 0.15) is 32.2 Å². The molecule has 2 heterocycles. The van der Waals surface area contributed by atoms with Gasteiger partial charge in [0.2, 0.25) is 0 Å². The lowest BCUT2D eigenvalue weighted by molar-refractivity contribution is 0.546. The minimum absolute atomic E-state index is 0.121. The maximum Gasteiger partial charge on any atom is 0.136 e. The number of rotatable bonds is 1. The number of anilines is 1. The zero-order chi connectivity index (χ0) is 13.3. The summed E-state index contributed by atoms with van der Waals surface area (Å²) in [5.74, 6) is 1.30. The van der Waals surface area contributed by atoms with Gasteiger partial charge in [0.15, 0.2) is 0 Å². The third-order valence-corrected chi connectivity index (χ3v) is 2.81. The SMILES string of the molecule is Cc1c(N)nc(C(C)(C)C)nc1-c1ccncc1. The zero-order valence-corrected chi connectivity index (χ0v) is 11.2. The van der Waals surface area contributed by atoms with E-state index in [4.69, 9.17) is 5.73 Å². The van der Waals surface area contributed by atoms with Crippen molar-refractivity contribution in [2.75, 3.05) is 5.73 Å². The highest BCUT2D eigenvalue weighted by Gasteiger charge is 2.20. The monoisotopic (exact) mass is 242 g/mol. The van der Waals surface area contributed by atoms with Crippen LogP contribution in [0.5, 0.6) is 0 Å². The van der Waals surface area contributed by atoms with Crippen molar-refractivity contribution < 1.29 is 0 Å². The average molecular weight is 242 g/mol. The molecular formula is C14H18N4. The molecule has 18 heavy (non-hydrogen) atoms. The van der Waals surface area contributed by atoms with Crippen LogP contribution in [0.25, 0.3) is 11.3 Å². The van der Waals surface area contributed by atoms with Gasteiger partial charge in [-0.2, -0.15) is 0 Å². The molecule has 0 saturated heterocycles. The fourth-order valence-electron chi connectivity index (χ4n) is 1.66. The van der Waals surface area contributed by atoms with E-state index in [1.54, 1.807) is 12.4 Å². The van der Waals surface area contributed by atoms with Gasteiger partial charge in [0.1, 0.15) is 11.6 Å². The summed E-state index contributed by atoms with van der Waals surface area (Å²) in [6.45, 7) is 8.17. The first kappa shape index (κ1) is 12.5. The van der Waals surface area contributed by atoms with Gasteiger partial charge in [-0.05, 0) is 19.1 Å². The molecule has 0 aromatic carbocycles. The van der Waals surface area contributed by atoms with Crippen LogP contribution >= 0.6 is 0 Å². The van der Waals surface area contributed by atoms with Crippen LogP contribution < -0.4 is 5.73 Å². The van der Waals surface area contributed by atoms with Gasteiger partial charge in [-0.1, -0.05) is 20.8 Å². The molecule has 2 rings (SSSR count). The molecule has 0 aliphatic rings. The molecule has 4 heteroatoms. The number of aromatic nitrogens is 3. The predicted molar refractivity (Wildman–Crippen MR) is 73.1 cm³/mol. The number of nitrogens with two attached hydrogens (primary N) is 1. The summed E-state index contributed by atoms with van der Waals surface area (Å²) in [6.07, 6.45) is 3.51. The normalized spacial score (nSPS) is 11.6. The van der Waals surface area contributed by atoms with Crippen LogP contribution in [0.4, 0.5) is 5.82 Å². The minimum atomic E-state index is -0.121. The van der Waals surface area contributed by atoms with Crippen molar-refractivity contribution in [1.82, 2.24) is 15.0 Å². The Labute approximate surface area is 107 Å². The number of nitrogens with zero attached hydrogens (tertiary/aromatic N) is 3. The standard InChI is InChI=1S/C14H18N4/c1-9-11(10-5-7-16-8-6-10)17-13(14(2,3)4)18-12(9)15/h5-8H,1-4H3,(H2,15,17,18). The molecule has 0 saturated carbocycles. The number of pyridine rings is 1. The molecule has 2 aromatic rings. The minimum Gasteiger partial charge on any atom is -0.383 e. The summed E-state index contributed by atoms with van der Waals surface area (Å²) in [7, 11) is 0. The summed E-state index contributed by atoms with van der Waals surface area (Å²) in [5, 5.41) is 0. The van der Waals surface area contributed by atoms with Crippen molar-refractivity contribution in [3.8, 4) is 11.3 Å². The van der Waals surface area contributed by atoms with Crippen molar-refractivity contribution in [2.24, 2.45) is 0 Å². The summed E-state index contributed by atoms with van der Waals surface area (Å²) < 4.78 is 0. The van der Waals surface area contributed by atoms with E-state index >= 15 is 0 Å². The fourth-order valence-corrected chi connectivity index (χ4v) is 1.66. The summed E-state index contributed by atoms with van der Waals surface area (Å²) in [4.78, 5) is 13.1. The van der Waals surface area contributed by atoms with Crippen molar-refractivity contribution in [3.63, 3.8) is 0 Å². The lowest BCUT2D eigenvalue weighted by Gasteiger charge is -2.19. The molecule has 4 nitrogen and oxygen atoms in total. The van der Waals surface area contributed by atoms with Gasteiger partial charge in [-0.15, -0.1) is 0 Å². The highest BCUT2D eigenvalue weighted by Crippen LogP contribution is 2.27. The smallest absolute Gasteiger partial charge is 0.136 e. The third-order valence-electron chi connectivity index (χ3n) is 2.81. The second-order valence-electron chi connectivity index (χ2n) is 5.39. The topological polar surface area (TPSA) is 64.7 Å². The van der Waals surface area contributed by atoms with Gasteiger partial charge in [0, 0.05) is 28.9 Å². The van der Waals surface area contributed by atoms with Crippen LogP contribution in [0.2, 0.25) is 0 Å². The van der Waals surface area contributed by atoms with Crippen LogP contribution in [0.3, 0.4) is 0 Å². The average Bonchev–Trinajstić information content (AvgIpc) is 2.32. The van der Waals surface area contributed by atoms with E-state index in [-0.39, 0.29) is 5.41 Å². The molecule has 0 aliphatic carbocycles. The quantitative estimate of drug-likeness (QED) is 0.835. The third kappa shape index (κ3) is 2.32. The number of hydrogen-bond donors (Lipinski definition) is 1. The molecule has 2 N–H and O–H groups in total. The summed E-state index contributed by atoms with van der Waals surface area (Å²) in [6, 6.07) is 3.86. The largest absolute Gasteiger partial charge is 0.383 e. The van der Waals surface area contributed by atoms with E-state index in [1.807, 2.05) is 19.1 Å². The van der Waals surface area contributed by atoms with Crippen molar-refractivity contribution in [2.45, 2.75) is 33.1 Å². The van der Waals surface area contributed by atoms with E-state index in [1.165, 1.54) is 0 Å². The Morgan fingerprint density at radius 3 is 2.22 bits per heavy atom. The Hall–Kier alpha value is -1.97. The van der Waals surface area contributed by atoms with Gasteiger partial charge < -0.3 is 5.73 Å². The highest BCUT2D eigenvalue weighted by molar-refractivity contribution is 5.66. The number of hydrogen-bond acceptors (Lipinski definition) is 4. The van der Waals surface area contributed by atoms with E-state index in [9.17, 15) is 0 Å². The van der Waals surface area contributed by atoms with Gasteiger partial charge in [-0.25, -0.2) is 9.97 Å². The molecule has 0 radical (unpaired) electrons. The highest BCUT2D eigenvalue weighted by atomic mass is 15.0. The van der Waals surface area contributed by atoms with Crippen LogP contribution in [-0.4, -0.2) is 15.0 Å². The van der Waals surface area contributed by atoms with Gasteiger partial charge in [0.25, 0.3) is 0 Å². The maximum absolute atomic E-state index is 5.99. The van der Waals surface area contributed by atoms with Crippen LogP contribution in [0, 0.1) is 6.92 Å². The first-order valence-electron chi connectivity index (χ1n) is 5.94. The number of nitrogen functional groups attached to an aromatic ring is 1. The van der Waals surface area contributed by atoms with E-state index in [2.05, 4.69) is 35.7 Å². The van der Waals surface area contributed by atoms with Crippen molar-refractivity contribution in [3.05, 3.63) is 35.9 Å². The van der Waals surface area contributed by atoms with E-state index in [0.29, 0.717) is 5.82 Å². The predicted octanol–water partition coefficient (Wildman–Crippen LogP) is 2.73. The first-order chi connectivity index (χ1) is 8.39. The van der Waals surface area contributed by atoms with E-state index < -0.39 is 0 Å². The van der Waals surface area contributed by atoms with Crippen LogP contribution in [-0.2, 0) is 5.41 Å². The van der Waals surface area contributed by atoms with E-state index in [0.717, 1.165) is 22.6 Å². The van der Waals surface area contributed by atoms with Gasteiger partial charge >= 0.3 is 0 Å². The Balaban J connectivity index is 2.64. The van der Waals surface area contributed by atoms with Gasteiger partial charge in [-0.3, -0.25) is 4.98 Å². The molecule has 0 spiro atoms. The molecule has 0 fully saturated rings. The Morgan fingerprint density at radius 1 is 1.06 bits per heavy atom. The first-order valence-corrected chi connectivity index (χ1v) is 5.94. The molecule has 0 atom stereocenters. The van der Waals surface area contributed by atoms with Crippen LogP contribution in [0.15, 0.2) is 24.5 Å². The lowest BCUT2D eigenvalue weighted by atomic mass is 9.95.